The van der Waals surface area contributed by atoms with E-state index in [1.807, 2.05) is 37.3 Å². The molecule has 124 valence electrons. The zero-order valence-electron chi connectivity index (χ0n) is 13.8. The molecule has 0 spiro atoms. The lowest BCUT2D eigenvalue weighted by molar-refractivity contribution is -0.116. The molecule has 2 rings (SSSR count). The number of anilines is 1. The predicted octanol–water partition coefficient (Wildman–Crippen LogP) is 3.47. The Morgan fingerprint density at radius 3 is 2.83 bits per heavy atom. The van der Waals surface area contributed by atoms with Crippen LogP contribution in [0.25, 0.3) is 6.08 Å². The van der Waals surface area contributed by atoms with Crippen LogP contribution in [0.1, 0.15) is 16.7 Å². The average molecular weight is 322 g/mol. The van der Waals surface area contributed by atoms with Crippen molar-refractivity contribution in [3.05, 3.63) is 77.9 Å². The molecule has 0 aliphatic carbocycles. The van der Waals surface area contributed by atoms with Crippen molar-refractivity contribution in [1.29, 1.82) is 0 Å². The summed E-state index contributed by atoms with van der Waals surface area (Å²) in [4.78, 5) is 11.5. The minimum atomic E-state index is -0.173. The second kappa shape index (κ2) is 8.58. The summed E-state index contributed by atoms with van der Waals surface area (Å²) in [6.07, 6.45) is 4.80. The van der Waals surface area contributed by atoms with Crippen molar-refractivity contribution < 1.29 is 9.53 Å². The van der Waals surface area contributed by atoms with Gasteiger partial charge >= 0.3 is 0 Å². The maximum absolute atomic E-state index is 11.5. The fourth-order valence-corrected chi connectivity index (χ4v) is 2.17. The van der Waals surface area contributed by atoms with E-state index in [-0.39, 0.29) is 5.91 Å². The van der Waals surface area contributed by atoms with Gasteiger partial charge in [-0.05, 0) is 36.3 Å². The first kappa shape index (κ1) is 17.3. The van der Waals surface area contributed by atoms with E-state index in [4.69, 9.17) is 10.5 Å². The Labute approximate surface area is 142 Å². The quantitative estimate of drug-likeness (QED) is 0.466. The Bertz CT molecular complexity index is 751. The predicted molar refractivity (Wildman–Crippen MR) is 98.6 cm³/mol. The molecule has 0 unspecified atom stereocenters. The molecule has 0 bridgehead atoms. The Morgan fingerprint density at radius 2 is 2.12 bits per heavy atom. The summed E-state index contributed by atoms with van der Waals surface area (Å²) >= 11 is 0. The molecule has 24 heavy (non-hydrogen) atoms. The molecule has 0 saturated carbocycles. The highest BCUT2D eigenvalue weighted by Gasteiger charge is 2.02. The first-order valence-corrected chi connectivity index (χ1v) is 7.73. The first-order valence-electron chi connectivity index (χ1n) is 7.73. The van der Waals surface area contributed by atoms with Crippen molar-refractivity contribution in [1.82, 2.24) is 5.32 Å². The fraction of sp³-hybridized carbons (Fsp3) is 0.150. The van der Waals surface area contributed by atoms with Gasteiger partial charge in [-0.2, -0.15) is 0 Å². The monoisotopic (exact) mass is 322 g/mol. The average Bonchev–Trinajstić information content (AvgIpc) is 2.57. The summed E-state index contributed by atoms with van der Waals surface area (Å²) in [6, 6.07) is 13.6. The largest absolute Gasteiger partial charge is 0.487 e. The Kier molecular flexibility index (Phi) is 6.20. The number of nitrogens with one attached hydrogen (secondary N) is 1. The molecule has 4 nitrogen and oxygen atoms in total. The van der Waals surface area contributed by atoms with Crippen LogP contribution in [0.2, 0.25) is 0 Å². The number of carbonyl (C=O) groups is 1. The molecule has 2 aromatic rings. The van der Waals surface area contributed by atoms with Crippen molar-refractivity contribution in [3.63, 3.8) is 0 Å². The maximum Gasteiger partial charge on any atom is 0.244 e. The number of benzene rings is 2. The molecule has 0 saturated heterocycles. The molecule has 0 atom stereocenters. The second-order valence-electron chi connectivity index (χ2n) is 5.44. The lowest BCUT2D eigenvalue weighted by Gasteiger charge is -2.10. The number of ether oxygens (including phenoxy) is 1. The molecule has 1 amide bonds. The SMILES string of the molecule is C=CCNC(=O)/C=C\c1ccc(OCc2cccc(C)c2)c(N)c1. The van der Waals surface area contributed by atoms with Gasteiger partial charge in [-0.3, -0.25) is 4.79 Å². The molecule has 0 fully saturated rings. The van der Waals surface area contributed by atoms with Gasteiger partial charge in [-0.25, -0.2) is 0 Å². The van der Waals surface area contributed by atoms with Crippen molar-refractivity contribution in [3.8, 4) is 5.75 Å². The van der Waals surface area contributed by atoms with Gasteiger partial charge in [-0.15, -0.1) is 6.58 Å². The first-order chi connectivity index (χ1) is 11.6. The van der Waals surface area contributed by atoms with Gasteiger partial charge in [0.15, 0.2) is 0 Å². The summed E-state index contributed by atoms with van der Waals surface area (Å²) in [5.74, 6) is 0.456. The third-order valence-electron chi connectivity index (χ3n) is 3.36. The van der Waals surface area contributed by atoms with Gasteiger partial charge in [0, 0.05) is 12.6 Å². The van der Waals surface area contributed by atoms with E-state index in [9.17, 15) is 4.79 Å². The van der Waals surface area contributed by atoms with Crippen LogP contribution in [-0.2, 0) is 11.4 Å². The van der Waals surface area contributed by atoms with Gasteiger partial charge in [0.1, 0.15) is 12.4 Å². The van der Waals surface area contributed by atoms with Crippen molar-refractivity contribution in [2.45, 2.75) is 13.5 Å². The Morgan fingerprint density at radius 1 is 1.29 bits per heavy atom. The van der Waals surface area contributed by atoms with Crippen LogP contribution in [0.4, 0.5) is 5.69 Å². The molecule has 0 aliphatic heterocycles. The number of nitrogen functional groups attached to an aromatic ring is 1. The van der Waals surface area contributed by atoms with E-state index in [1.54, 1.807) is 18.2 Å². The van der Waals surface area contributed by atoms with E-state index < -0.39 is 0 Å². The summed E-state index contributed by atoms with van der Waals surface area (Å²) in [7, 11) is 0. The zero-order chi connectivity index (χ0) is 17.4. The molecule has 4 heteroatoms. The number of carbonyl (C=O) groups excluding carboxylic acids is 1. The molecule has 2 aromatic carbocycles. The number of hydrogen-bond donors (Lipinski definition) is 2. The lowest BCUT2D eigenvalue weighted by Crippen LogP contribution is -2.20. The van der Waals surface area contributed by atoms with Gasteiger partial charge in [0.05, 0.1) is 5.69 Å². The zero-order valence-corrected chi connectivity index (χ0v) is 13.8. The number of hydrogen-bond acceptors (Lipinski definition) is 3. The van der Waals surface area contributed by atoms with Gasteiger partial charge in [-0.1, -0.05) is 42.0 Å². The molecular weight excluding hydrogens is 300 g/mol. The lowest BCUT2D eigenvalue weighted by atomic mass is 10.1. The normalized spacial score (nSPS) is 10.5. The van der Waals surface area contributed by atoms with Crippen LogP contribution < -0.4 is 15.8 Å². The summed E-state index contributed by atoms with van der Waals surface area (Å²) < 4.78 is 5.77. The molecular formula is C20H22N2O2. The van der Waals surface area contributed by atoms with Crippen LogP contribution in [0.3, 0.4) is 0 Å². The molecule has 0 heterocycles. The topological polar surface area (TPSA) is 64.3 Å². The maximum atomic E-state index is 11.5. The third kappa shape index (κ3) is 5.32. The van der Waals surface area contributed by atoms with Crippen LogP contribution in [0, 0.1) is 6.92 Å². The summed E-state index contributed by atoms with van der Waals surface area (Å²) in [6.45, 7) is 6.50. The van der Waals surface area contributed by atoms with Crippen molar-refractivity contribution in [2.75, 3.05) is 12.3 Å². The molecule has 3 N–H and O–H groups in total. The third-order valence-corrected chi connectivity index (χ3v) is 3.36. The van der Waals surface area contributed by atoms with Crippen LogP contribution in [-0.4, -0.2) is 12.5 Å². The van der Waals surface area contributed by atoms with Crippen LogP contribution in [0.15, 0.2) is 61.2 Å². The van der Waals surface area contributed by atoms with E-state index in [0.717, 1.165) is 11.1 Å². The highest BCUT2D eigenvalue weighted by atomic mass is 16.5. The summed E-state index contributed by atoms with van der Waals surface area (Å²) in [5.41, 5.74) is 9.69. The van der Waals surface area contributed by atoms with E-state index in [0.29, 0.717) is 24.6 Å². The smallest absolute Gasteiger partial charge is 0.244 e. The Hall–Kier alpha value is -3.01. The van der Waals surface area contributed by atoms with E-state index in [2.05, 4.69) is 18.0 Å². The highest BCUT2D eigenvalue weighted by Crippen LogP contribution is 2.24. The fourth-order valence-electron chi connectivity index (χ4n) is 2.17. The number of amides is 1. The van der Waals surface area contributed by atoms with Crippen molar-refractivity contribution >= 4 is 17.7 Å². The molecule has 0 radical (unpaired) electrons. The molecule has 0 aliphatic rings. The number of nitrogens with two attached hydrogens (primary N) is 1. The standard InChI is InChI=1S/C20H22N2O2/c1-3-11-22-20(23)10-8-16-7-9-19(18(21)13-16)24-14-17-6-4-5-15(2)12-17/h3-10,12-13H,1,11,14,21H2,2H3,(H,22,23)/b10-8-. The van der Waals surface area contributed by atoms with Gasteiger partial charge in [0.2, 0.25) is 5.91 Å². The number of aryl methyl sites for hydroxylation is 1. The highest BCUT2D eigenvalue weighted by molar-refractivity contribution is 5.91. The van der Waals surface area contributed by atoms with Gasteiger partial charge in [0.25, 0.3) is 0 Å². The van der Waals surface area contributed by atoms with Crippen LogP contribution >= 0.6 is 0 Å². The van der Waals surface area contributed by atoms with Gasteiger partial charge < -0.3 is 15.8 Å². The van der Waals surface area contributed by atoms with E-state index >= 15 is 0 Å². The Balaban J connectivity index is 1.97. The minimum absolute atomic E-state index is 0.173. The van der Waals surface area contributed by atoms with Crippen LogP contribution in [0.5, 0.6) is 5.75 Å². The molecule has 0 aromatic heterocycles. The van der Waals surface area contributed by atoms with E-state index in [1.165, 1.54) is 11.6 Å². The number of rotatable bonds is 7. The van der Waals surface area contributed by atoms with Crippen molar-refractivity contribution in [2.24, 2.45) is 0 Å². The summed E-state index contributed by atoms with van der Waals surface area (Å²) in [5, 5.41) is 2.67. The second-order valence-corrected chi connectivity index (χ2v) is 5.44. The minimum Gasteiger partial charge on any atom is -0.487 e.